The van der Waals surface area contributed by atoms with Gasteiger partial charge in [0.1, 0.15) is 20.4 Å². The smallest absolute Gasteiger partial charge is 0.170 e. The van der Waals surface area contributed by atoms with Crippen molar-refractivity contribution in [3.8, 4) is 28.3 Å². The lowest BCUT2D eigenvalue weighted by Crippen LogP contribution is -2.33. The minimum absolute atomic E-state index is 0.130. The van der Waals surface area contributed by atoms with E-state index < -0.39 is 16.5 Å². The summed E-state index contributed by atoms with van der Waals surface area (Å²) < 4.78 is 29.4. The number of nitrogens with one attached hydrogen (secondary N) is 1. The van der Waals surface area contributed by atoms with Crippen molar-refractivity contribution in [1.29, 1.82) is 0 Å². The number of hydrogen-bond donors (Lipinski definition) is 1. The second-order valence-electron chi connectivity index (χ2n) is 9.34. The first-order valence-corrected chi connectivity index (χ1v) is 12.3. The number of benzene rings is 1. The van der Waals surface area contributed by atoms with E-state index in [9.17, 15) is 4.39 Å². The predicted molar refractivity (Wildman–Crippen MR) is 146 cm³/mol. The standard InChI is InChI=1S/C25H23B3ClFN6O2/c1-5-36-21-13-8-18(23(31-10-13)32-12-37-4)38-24(2,26)16-9-14(30)6-7-15(16)20-17(11-35(3)33-20)25(27,28)19(21)22(29)34-36/h6-11H,5,12H2,1-4H3,(H,31,32)/t24-/m1/s1. The van der Waals surface area contributed by atoms with Crippen molar-refractivity contribution in [3.63, 3.8) is 0 Å². The maximum absolute atomic E-state index is 14.6. The second kappa shape index (κ2) is 9.50. The number of aromatic nitrogens is 5. The highest BCUT2D eigenvalue weighted by atomic mass is 35.5. The van der Waals surface area contributed by atoms with Gasteiger partial charge < -0.3 is 14.8 Å². The summed E-state index contributed by atoms with van der Waals surface area (Å²) in [5.74, 6) is 0.148. The molecule has 1 aromatic carbocycles. The van der Waals surface area contributed by atoms with Gasteiger partial charge in [-0.15, -0.1) is 0 Å². The van der Waals surface area contributed by atoms with Crippen molar-refractivity contribution in [3.05, 3.63) is 64.3 Å². The summed E-state index contributed by atoms with van der Waals surface area (Å²) in [7, 11) is 23.9. The van der Waals surface area contributed by atoms with Crippen molar-refractivity contribution in [2.24, 2.45) is 7.05 Å². The van der Waals surface area contributed by atoms with Gasteiger partial charge in [0.2, 0.25) is 0 Å². The lowest BCUT2D eigenvalue weighted by atomic mass is 9.47. The number of pyridine rings is 1. The van der Waals surface area contributed by atoms with Gasteiger partial charge >= 0.3 is 0 Å². The van der Waals surface area contributed by atoms with Crippen LogP contribution in [0.4, 0.5) is 10.2 Å². The van der Waals surface area contributed by atoms with E-state index in [0.29, 0.717) is 51.6 Å². The van der Waals surface area contributed by atoms with Gasteiger partial charge in [0.15, 0.2) is 16.7 Å². The molecule has 0 fully saturated rings. The first kappa shape index (κ1) is 26.4. The molecule has 188 valence electrons. The number of halogens is 2. The Labute approximate surface area is 229 Å². The maximum Gasteiger partial charge on any atom is 0.170 e. The Morgan fingerprint density at radius 1 is 1.18 bits per heavy atom. The first-order chi connectivity index (χ1) is 18.0. The number of ether oxygens (including phenoxy) is 2. The molecule has 2 bridgehead atoms. The minimum atomic E-state index is -1.66. The van der Waals surface area contributed by atoms with E-state index >= 15 is 0 Å². The van der Waals surface area contributed by atoms with Crippen molar-refractivity contribution in [1.82, 2.24) is 24.5 Å². The van der Waals surface area contributed by atoms with Crippen LogP contribution in [-0.4, -0.2) is 61.9 Å². The normalized spacial score (nSPS) is 17.8. The van der Waals surface area contributed by atoms with Gasteiger partial charge in [-0.25, -0.2) is 9.37 Å². The zero-order valence-corrected chi connectivity index (χ0v) is 22.2. The molecule has 6 radical (unpaired) electrons. The molecule has 38 heavy (non-hydrogen) atoms. The summed E-state index contributed by atoms with van der Waals surface area (Å²) in [5.41, 5.74) is 1.64. The predicted octanol–water partition coefficient (Wildman–Crippen LogP) is 3.45. The summed E-state index contributed by atoms with van der Waals surface area (Å²) in [6.07, 6.45) is 3.33. The molecule has 0 spiro atoms. The molecule has 1 N–H and O–H groups in total. The van der Waals surface area contributed by atoms with Crippen molar-refractivity contribution in [2.45, 2.75) is 31.1 Å². The van der Waals surface area contributed by atoms with Crippen LogP contribution < -0.4 is 10.1 Å². The van der Waals surface area contributed by atoms with Crippen LogP contribution in [0.15, 0.2) is 36.7 Å². The molecule has 5 rings (SSSR count). The van der Waals surface area contributed by atoms with E-state index in [0.717, 1.165) is 0 Å². The third kappa shape index (κ3) is 4.29. The summed E-state index contributed by atoms with van der Waals surface area (Å²) in [4.78, 5) is 4.56. The third-order valence-electron chi connectivity index (χ3n) is 6.50. The molecule has 4 heterocycles. The van der Waals surface area contributed by atoms with Gasteiger partial charge in [0.05, 0.1) is 32.6 Å². The lowest BCUT2D eigenvalue weighted by molar-refractivity contribution is 0.178. The Bertz CT molecular complexity index is 1540. The molecule has 0 unspecified atom stereocenters. The van der Waals surface area contributed by atoms with Crippen LogP contribution in [0.3, 0.4) is 0 Å². The Hall–Kier alpha value is -3.24. The highest BCUT2D eigenvalue weighted by Crippen LogP contribution is 2.45. The van der Waals surface area contributed by atoms with E-state index in [1.807, 2.05) is 6.92 Å². The molecule has 0 saturated carbocycles. The van der Waals surface area contributed by atoms with Crippen LogP contribution in [0.1, 0.15) is 30.5 Å². The summed E-state index contributed by atoms with van der Waals surface area (Å²) in [6.45, 7) is 4.18. The molecule has 0 saturated heterocycles. The molecule has 0 aliphatic carbocycles. The number of hydrogen-bond acceptors (Lipinski definition) is 6. The topological polar surface area (TPSA) is 79.0 Å². The number of rotatable bonds is 4. The molecular weight excluding hydrogens is 503 g/mol. The number of aryl methyl sites for hydroxylation is 2. The number of anilines is 1. The van der Waals surface area contributed by atoms with E-state index in [4.69, 9.17) is 44.6 Å². The molecule has 1 aliphatic rings. The van der Waals surface area contributed by atoms with Crippen LogP contribution in [0.2, 0.25) is 5.15 Å². The van der Waals surface area contributed by atoms with Crippen LogP contribution in [0, 0.1) is 5.82 Å². The van der Waals surface area contributed by atoms with Crippen LogP contribution >= 0.6 is 11.6 Å². The number of fused-ring (bicyclic) bond motifs is 7. The summed E-state index contributed by atoms with van der Waals surface area (Å²) in [6, 6.07) is 5.93. The maximum atomic E-state index is 14.6. The van der Waals surface area contributed by atoms with Crippen molar-refractivity contribution < 1.29 is 13.9 Å². The van der Waals surface area contributed by atoms with Crippen LogP contribution in [-0.2, 0) is 29.0 Å². The molecule has 8 nitrogen and oxygen atoms in total. The van der Waals surface area contributed by atoms with Crippen molar-refractivity contribution >= 4 is 41.0 Å². The van der Waals surface area contributed by atoms with E-state index in [1.165, 1.54) is 12.1 Å². The van der Waals surface area contributed by atoms with Crippen LogP contribution in [0.25, 0.3) is 22.5 Å². The van der Waals surface area contributed by atoms with E-state index in [-0.39, 0.29) is 17.6 Å². The number of nitrogens with zero attached hydrogens (tertiary/aromatic N) is 5. The monoisotopic (exact) mass is 526 g/mol. The molecule has 1 atom stereocenters. The van der Waals surface area contributed by atoms with Gasteiger partial charge in [-0.2, -0.15) is 10.2 Å². The molecule has 1 aliphatic heterocycles. The average Bonchev–Trinajstić information content (AvgIpc) is 3.42. The van der Waals surface area contributed by atoms with Gasteiger partial charge in [-0.3, -0.25) is 9.36 Å². The van der Waals surface area contributed by atoms with Gasteiger partial charge in [0, 0.05) is 49.8 Å². The number of methoxy groups -OCH3 is 1. The van der Waals surface area contributed by atoms with Gasteiger partial charge in [-0.05, 0) is 54.5 Å². The zero-order valence-electron chi connectivity index (χ0n) is 21.4. The SMILES string of the molecule is [B]C1([B])c2cn(C)nc2-c2ccc(F)cc2[C@@]([B])(C)Oc2cc(cnc2NCOC)-c2c1c(Cl)nn2CC. The molecule has 0 amide bonds. The summed E-state index contributed by atoms with van der Waals surface area (Å²) in [5, 5.41) is 10.7. The zero-order chi connectivity index (χ0) is 27.4. The quantitative estimate of drug-likeness (QED) is 0.324. The molecule has 4 aromatic rings. The molecular formula is C25H23B3ClFN6O2. The lowest BCUT2D eigenvalue weighted by Gasteiger charge is -2.33. The fourth-order valence-corrected chi connectivity index (χ4v) is 5.13. The van der Waals surface area contributed by atoms with Crippen LogP contribution in [0.5, 0.6) is 5.75 Å². The highest BCUT2D eigenvalue weighted by molar-refractivity contribution is 6.45. The Balaban J connectivity index is 1.91. The minimum Gasteiger partial charge on any atom is -0.489 e. The highest BCUT2D eigenvalue weighted by Gasteiger charge is 2.38. The molecule has 13 heteroatoms. The fraction of sp³-hybridized carbons (Fsp3) is 0.320. The Kier molecular flexibility index (Phi) is 6.59. The van der Waals surface area contributed by atoms with Gasteiger partial charge in [0.25, 0.3) is 0 Å². The Morgan fingerprint density at radius 2 is 1.95 bits per heavy atom. The third-order valence-corrected chi connectivity index (χ3v) is 6.77. The molecule has 3 aromatic heterocycles. The van der Waals surface area contributed by atoms with E-state index in [2.05, 4.69) is 20.5 Å². The second-order valence-corrected chi connectivity index (χ2v) is 9.70. The Morgan fingerprint density at radius 3 is 2.66 bits per heavy atom. The average molecular weight is 526 g/mol. The van der Waals surface area contributed by atoms with E-state index in [1.54, 1.807) is 55.0 Å². The summed E-state index contributed by atoms with van der Waals surface area (Å²) >= 11 is 6.70. The largest absolute Gasteiger partial charge is 0.489 e. The van der Waals surface area contributed by atoms with Gasteiger partial charge in [-0.1, -0.05) is 11.6 Å². The first-order valence-electron chi connectivity index (χ1n) is 11.9. The fourth-order valence-electron chi connectivity index (χ4n) is 4.79. The van der Waals surface area contributed by atoms with Crippen molar-refractivity contribution in [2.75, 3.05) is 19.2 Å².